The van der Waals surface area contributed by atoms with Gasteiger partial charge in [0.15, 0.2) is 0 Å². The summed E-state index contributed by atoms with van der Waals surface area (Å²) in [5.74, 6) is 0.0195. The molecule has 5 nitrogen and oxygen atoms in total. The minimum Gasteiger partial charge on any atom is -0.397 e. The average Bonchev–Trinajstić information content (AvgIpc) is 2.93. The number of nitrogens with one attached hydrogen (secondary N) is 2. The third-order valence-electron chi connectivity index (χ3n) is 7.48. The van der Waals surface area contributed by atoms with Gasteiger partial charge in [0.2, 0.25) is 5.91 Å². The standard InChI is InChI=1S/C33H38N4O/c1-23-11-10-12-24(21-23)25-18-19-28(34)31(22-25)37-32(38)17-4-2-3-9-20-35-33-26-13-5-7-15-29(26)36-30-16-8-6-14-27(30)33/h5,7,10-13,15,18-19,21-22H,2-4,6,8-9,14,16-17,20,34H2,1H3,(H,35,36)(H,37,38). The van der Waals surface area contributed by atoms with E-state index in [0.29, 0.717) is 17.8 Å². The lowest BCUT2D eigenvalue weighted by Crippen LogP contribution is -2.13. The van der Waals surface area contributed by atoms with E-state index >= 15 is 0 Å². The molecule has 4 N–H and O–H groups in total. The van der Waals surface area contributed by atoms with Gasteiger partial charge in [0.25, 0.3) is 0 Å². The molecule has 0 spiro atoms. The van der Waals surface area contributed by atoms with Crippen LogP contribution in [0.25, 0.3) is 22.0 Å². The zero-order chi connectivity index (χ0) is 26.3. The Labute approximate surface area is 225 Å². The molecule has 0 radical (unpaired) electrons. The van der Waals surface area contributed by atoms with Crippen molar-refractivity contribution in [3.05, 3.63) is 83.6 Å². The Balaban J connectivity index is 1.08. The van der Waals surface area contributed by atoms with Crippen LogP contribution in [-0.4, -0.2) is 17.4 Å². The maximum absolute atomic E-state index is 12.6. The molecule has 0 aliphatic heterocycles. The molecule has 1 aliphatic rings. The number of anilines is 3. The lowest BCUT2D eigenvalue weighted by atomic mass is 9.92. The number of carbonyl (C=O) groups excluding carboxylic acids is 1. The molecule has 0 saturated heterocycles. The number of hydrogen-bond acceptors (Lipinski definition) is 4. The van der Waals surface area contributed by atoms with Crippen LogP contribution in [0.15, 0.2) is 66.7 Å². The molecule has 38 heavy (non-hydrogen) atoms. The predicted molar refractivity (Wildman–Crippen MR) is 160 cm³/mol. The van der Waals surface area contributed by atoms with Gasteiger partial charge in [-0.3, -0.25) is 9.78 Å². The number of benzene rings is 3. The second kappa shape index (κ2) is 12.1. The average molecular weight is 507 g/mol. The minimum absolute atomic E-state index is 0.0195. The van der Waals surface area contributed by atoms with E-state index in [2.05, 4.69) is 60.0 Å². The van der Waals surface area contributed by atoms with Crippen LogP contribution in [0.1, 0.15) is 61.8 Å². The number of para-hydroxylation sites is 1. The third-order valence-corrected chi connectivity index (χ3v) is 7.48. The van der Waals surface area contributed by atoms with E-state index < -0.39 is 0 Å². The number of nitrogens with zero attached hydrogens (tertiary/aromatic N) is 1. The van der Waals surface area contributed by atoms with Crippen molar-refractivity contribution >= 4 is 33.9 Å². The van der Waals surface area contributed by atoms with E-state index in [4.69, 9.17) is 10.7 Å². The van der Waals surface area contributed by atoms with Crippen molar-refractivity contribution < 1.29 is 4.79 Å². The highest BCUT2D eigenvalue weighted by atomic mass is 16.1. The van der Waals surface area contributed by atoms with E-state index in [0.717, 1.165) is 61.7 Å². The third kappa shape index (κ3) is 6.16. The van der Waals surface area contributed by atoms with E-state index in [1.807, 2.05) is 24.3 Å². The van der Waals surface area contributed by atoms with E-state index in [-0.39, 0.29) is 5.91 Å². The van der Waals surface area contributed by atoms with Gasteiger partial charge in [-0.1, -0.05) is 66.9 Å². The largest absolute Gasteiger partial charge is 0.397 e. The van der Waals surface area contributed by atoms with Gasteiger partial charge in [-0.15, -0.1) is 0 Å². The summed E-state index contributed by atoms with van der Waals surface area (Å²) in [7, 11) is 0. The zero-order valence-electron chi connectivity index (χ0n) is 22.4. The first-order valence-electron chi connectivity index (χ1n) is 14.0. The Morgan fingerprint density at radius 2 is 1.71 bits per heavy atom. The first-order valence-corrected chi connectivity index (χ1v) is 14.0. The van der Waals surface area contributed by atoms with Crippen LogP contribution in [0, 0.1) is 6.92 Å². The van der Waals surface area contributed by atoms with Gasteiger partial charge in [-0.05, 0) is 80.3 Å². The van der Waals surface area contributed by atoms with Crippen molar-refractivity contribution in [2.75, 3.05) is 22.9 Å². The molecule has 5 heteroatoms. The molecule has 3 aromatic carbocycles. The molecule has 1 aromatic heterocycles. The Morgan fingerprint density at radius 3 is 2.61 bits per heavy atom. The van der Waals surface area contributed by atoms with E-state index in [1.54, 1.807) is 0 Å². The Morgan fingerprint density at radius 1 is 0.895 bits per heavy atom. The van der Waals surface area contributed by atoms with Gasteiger partial charge >= 0.3 is 0 Å². The van der Waals surface area contributed by atoms with Crippen molar-refractivity contribution in [1.29, 1.82) is 0 Å². The smallest absolute Gasteiger partial charge is 0.224 e. The number of pyridine rings is 1. The molecular formula is C33H38N4O. The van der Waals surface area contributed by atoms with Crippen LogP contribution in [0.4, 0.5) is 17.1 Å². The highest BCUT2D eigenvalue weighted by molar-refractivity contribution is 5.95. The fourth-order valence-electron chi connectivity index (χ4n) is 5.43. The molecule has 1 heterocycles. The lowest BCUT2D eigenvalue weighted by Gasteiger charge is -2.21. The van der Waals surface area contributed by atoms with Gasteiger partial charge in [0.05, 0.1) is 16.9 Å². The molecule has 5 rings (SSSR count). The first-order chi connectivity index (χ1) is 18.6. The molecular weight excluding hydrogens is 468 g/mol. The number of nitrogen functional groups attached to an aromatic ring is 1. The van der Waals surface area contributed by atoms with Crippen molar-refractivity contribution in [1.82, 2.24) is 4.98 Å². The maximum atomic E-state index is 12.6. The SMILES string of the molecule is Cc1cccc(-c2ccc(N)c(NC(=O)CCCCCCNc3c4c(nc5ccccc35)CCCC4)c2)c1. The number of aryl methyl sites for hydroxylation is 2. The lowest BCUT2D eigenvalue weighted by molar-refractivity contribution is -0.116. The van der Waals surface area contributed by atoms with Crippen LogP contribution in [0.3, 0.4) is 0 Å². The Kier molecular flexibility index (Phi) is 8.22. The van der Waals surface area contributed by atoms with Crippen LogP contribution in [0.2, 0.25) is 0 Å². The molecule has 1 amide bonds. The van der Waals surface area contributed by atoms with E-state index in [1.165, 1.54) is 40.7 Å². The Hall–Kier alpha value is -3.86. The monoisotopic (exact) mass is 506 g/mol. The molecule has 0 atom stereocenters. The number of carbonyl (C=O) groups is 1. The fourth-order valence-corrected chi connectivity index (χ4v) is 5.43. The summed E-state index contributed by atoms with van der Waals surface area (Å²) < 4.78 is 0. The number of unbranched alkanes of at least 4 members (excludes halogenated alkanes) is 3. The first kappa shape index (κ1) is 25.8. The van der Waals surface area contributed by atoms with Crippen LogP contribution >= 0.6 is 0 Å². The number of fused-ring (bicyclic) bond motifs is 2. The van der Waals surface area contributed by atoms with E-state index in [9.17, 15) is 4.79 Å². The molecule has 0 bridgehead atoms. The molecule has 0 unspecified atom stereocenters. The number of aromatic nitrogens is 1. The molecule has 0 fully saturated rings. The number of amides is 1. The topological polar surface area (TPSA) is 80.0 Å². The normalized spacial score (nSPS) is 12.8. The van der Waals surface area contributed by atoms with Gasteiger partial charge in [0, 0.05) is 29.7 Å². The van der Waals surface area contributed by atoms with Crippen LogP contribution in [-0.2, 0) is 17.6 Å². The summed E-state index contributed by atoms with van der Waals surface area (Å²) in [4.78, 5) is 17.6. The van der Waals surface area contributed by atoms with Crippen molar-refractivity contribution in [3.63, 3.8) is 0 Å². The number of rotatable bonds is 10. The van der Waals surface area contributed by atoms with Gasteiger partial charge < -0.3 is 16.4 Å². The second-order valence-corrected chi connectivity index (χ2v) is 10.4. The van der Waals surface area contributed by atoms with Gasteiger partial charge in [0.1, 0.15) is 0 Å². The summed E-state index contributed by atoms with van der Waals surface area (Å²) >= 11 is 0. The predicted octanol–water partition coefficient (Wildman–Crippen LogP) is 7.67. The van der Waals surface area contributed by atoms with Crippen molar-refractivity contribution in [3.8, 4) is 11.1 Å². The fraction of sp³-hybridized carbons (Fsp3) is 0.333. The highest BCUT2D eigenvalue weighted by Crippen LogP contribution is 2.33. The highest BCUT2D eigenvalue weighted by Gasteiger charge is 2.17. The summed E-state index contributed by atoms with van der Waals surface area (Å²) in [5.41, 5.74) is 15.9. The summed E-state index contributed by atoms with van der Waals surface area (Å²) in [6, 6.07) is 22.6. The Bertz CT molecular complexity index is 1430. The quantitative estimate of drug-likeness (QED) is 0.152. The minimum atomic E-state index is 0.0195. The summed E-state index contributed by atoms with van der Waals surface area (Å²) in [6.07, 6.45) is 9.25. The van der Waals surface area contributed by atoms with Crippen LogP contribution < -0.4 is 16.4 Å². The number of hydrogen-bond donors (Lipinski definition) is 3. The van der Waals surface area contributed by atoms with Crippen molar-refractivity contribution in [2.45, 2.75) is 64.7 Å². The molecule has 0 saturated carbocycles. The molecule has 1 aliphatic carbocycles. The number of nitrogens with two attached hydrogens (primary N) is 1. The molecule has 4 aromatic rings. The zero-order valence-corrected chi connectivity index (χ0v) is 22.4. The van der Waals surface area contributed by atoms with Gasteiger partial charge in [-0.25, -0.2) is 0 Å². The molecule has 196 valence electrons. The van der Waals surface area contributed by atoms with Gasteiger partial charge in [-0.2, -0.15) is 0 Å². The van der Waals surface area contributed by atoms with Crippen LogP contribution in [0.5, 0.6) is 0 Å². The maximum Gasteiger partial charge on any atom is 0.224 e. The summed E-state index contributed by atoms with van der Waals surface area (Å²) in [5, 5.41) is 8.00. The van der Waals surface area contributed by atoms with Crippen molar-refractivity contribution in [2.24, 2.45) is 0 Å². The summed E-state index contributed by atoms with van der Waals surface area (Å²) in [6.45, 7) is 3.02. The second-order valence-electron chi connectivity index (χ2n) is 10.4.